The Hall–Kier alpha value is -2.66. The van der Waals surface area contributed by atoms with Crippen molar-refractivity contribution in [1.29, 1.82) is 0 Å². The molecule has 46 heavy (non-hydrogen) atoms. The quantitative estimate of drug-likeness (QED) is 0.118. The Bertz CT molecular complexity index is 1580. The summed E-state index contributed by atoms with van der Waals surface area (Å²) in [5.74, 6) is 0.757. The fourth-order valence-electron chi connectivity index (χ4n) is 6.01. The van der Waals surface area contributed by atoms with Crippen LogP contribution in [0.4, 0.5) is 17.1 Å². The van der Waals surface area contributed by atoms with Crippen LogP contribution in [0.3, 0.4) is 0 Å². The number of benzene rings is 3. The van der Waals surface area contributed by atoms with E-state index in [9.17, 15) is 4.79 Å². The molecule has 0 bridgehead atoms. The Morgan fingerprint density at radius 3 is 1.61 bits per heavy atom. The zero-order valence-corrected chi connectivity index (χ0v) is 31.9. The minimum atomic E-state index is -3.88. The van der Waals surface area contributed by atoms with Crippen molar-refractivity contribution in [2.75, 3.05) is 29.5 Å². The Kier molecular flexibility index (Phi) is 12.2. The van der Waals surface area contributed by atoms with Gasteiger partial charge in [0.2, 0.25) is 0 Å². The second-order valence-electron chi connectivity index (χ2n) is 12.9. The first-order valence-corrected chi connectivity index (χ1v) is 22.6. The number of halogens is 2. The van der Waals surface area contributed by atoms with E-state index in [-0.39, 0.29) is 6.61 Å². The van der Waals surface area contributed by atoms with E-state index in [2.05, 4.69) is 107 Å². The summed E-state index contributed by atoms with van der Waals surface area (Å²) >= 11 is -3.88. The van der Waals surface area contributed by atoms with Crippen molar-refractivity contribution in [2.24, 2.45) is 4.99 Å². The van der Waals surface area contributed by atoms with Crippen molar-refractivity contribution in [3.05, 3.63) is 88.5 Å². The number of esters is 1. The summed E-state index contributed by atoms with van der Waals surface area (Å²) in [6, 6.07) is 21.0. The fourth-order valence-corrected chi connectivity index (χ4v) is 12.1. The first kappa shape index (κ1) is 36.2. The topological polar surface area (TPSA) is 45.1 Å². The molecule has 0 aliphatic carbocycles. The van der Waals surface area contributed by atoms with Crippen LogP contribution in [0.1, 0.15) is 114 Å². The van der Waals surface area contributed by atoms with E-state index in [4.69, 9.17) is 24.1 Å². The molecule has 3 aromatic rings. The summed E-state index contributed by atoms with van der Waals surface area (Å²) in [5.41, 5.74) is 8.99. The van der Waals surface area contributed by atoms with Crippen LogP contribution in [0.5, 0.6) is 0 Å². The van der Waals surface area contributed by atoms with Crippen LogP contribution < -0.4 is 9.80 Å². The maximum atomic E-state index is 12.1. The zero-order chi connectivity index (χ0) is 33.8. The second-order valence-corrected chi connectivity index (χ2v) is 22.1. The van der Waals surface area contributed by atoms with E-state index in [1.54, 1.807) is 6.92 Å². The molecule has 0 saturated carbocycles. The summed E-state index contributed by atoms with van der Waals surface area (Å²) in [6.07, 6.45) is 1.22. The van der Waals surface area contributed by atoms with Gasteiger partial charge in [0.15, 0.2) is 0 Å². The van der Waals surface area contributed by atoms with Crippen molar-refractivity contribution in [3.8, 4) is 0 Å². The molecule has 0 atom stereocenters. The molecule has 1 aliphatic heterocycles. The van der Waals surface area contributed by atoms with E-state index < -0.39 is 17.9 Å². The molecule has 0 radical (unpaired) electrons. The average molecular weight is 752 g/mol. The van der Waals surface area contributed by atoms with Gasteiger partial charge in [0.1, 0.15) is 0 Å². The Morgan fingerprint density at radius 1 is 0.761 bits per heavy atom. The third-order valence-electron chi connectivity index (χ3n) is 8.19. The number of anilines is 2. The Morgan fingerprint density at radius 2 is 1.20 bits per heavy atom. The summed E-state index contributed by atoms with van der Waals surface area (Å²) in [7, 11) is 15.6. The van der Waals surface area contributed by atoms with E-state index in [1.165, 1.54) is 39.8 Å². The number of hydrogen-bond donors (Lipinski definition) is 0. The van der Waals surface area contributed by atoms with Crippen molar-refractivity contribution in [1.82, 2.24) is 0 Å². The van der Waals surface area contributed by atoms with Gasteiger partial charge in [0.25, 0.3) is 0 Å². The second kappa shape index (κ2) is 15.5. The third-order valence-corrected chi connectivity index (χ3v) is 13.7. The number of rotatable bonds is 10. The third kappa shape index (κ3) is 7.89. The SMILES string of the molecule is CCOC(=O)C=Nc1ccccc1[CH]=[Ru-4]([Cl])([Cl])=[C]1N(c2c(C(C)C)cccc2C(C)C)CCN1c1c(C(C)C)cccc1C(C)C. The van der Waals surface area contributed by atoms with Gasteiger partial charge in [-0.2, -0.15) is 0 Å². The van der Waals surface area contributed by atoms with Gasteiger partial charge in [0, 0.05) is 0 Å². The van der Waals surface area contributed by atoms with Crippen molar-refractivity contribution in [3.63, 3.8) is 0 Å². The summed E-state index contributed by atoms with van der Waals surface area (Å²) in [4.78, 5) is 21.5. The molecule has 0 N–H and O–H groups in total. The van der Waals surface area contributed by atoms with Crippen LogP contribution in [0.15, 0.2) is 65.7 Å². The van der Waals surface area contributed by atoms with Crippen molar-refractivity contribution < 1.29 is 21.4 Å². The summed E-state index contributed by atoms with van der Waals surface area (Å²) in [5, 5.41) is 0. The van der Waals surface area contributed by atoms with Gasteiger partial charge in [-0.1, -0.05) is 0 Å². The van der Waals surface area contributed by atoms with Gasteiger partial charge in [0.05, 0.1) is 0 Å². The van der Waals surface area contributed by atoms with E-state index in [1.807, 2.05) is 28.9 Å². The maximum absolute atomic E-state index is 12.1. The first-order chi connectivity index (χ1) is 21.8. The summed E-state index contributed by atoms with van der Waals surface area (Å²) < 4.78 is 8.07. The molecule has 0 spiro atoms. The first-order valence-electron chi connectivity index (χ1n) is 16.2. The van der Waals surface area contributed by atoms with Gasteiger partial charge in [-0.15, -0.1) is 0 Å². The molecule has 1 aliphatic rings. The van der Waals surface area contributed by atoms with Crippen LogP contribution in [0.25, 0.3) is 0 Å². The van der Waals surface area contributed by atoms with E-state index in [0.717, 1.165) is 23.0 Å². The van der Waals surface area contributed by atoms with Crippen LogP contribution in [0, 0.1) is 0 Å². The molecule has 1 heterocycles. The molecule has 0 unspecified atom stereocenters. The molecular formula is C38H49Cl2N3O2Ru-4. The molecule has 4 rings (SSSR count). The van der Waals surface area contributed by atoms with Gasteiger partial charge in [-0.3, -0.25) is 0 Å². The minimum absolute atomic E-state index is 0.288. The van der Waals surface area contributed by atoms with Crippen LogP contribution in [0.2, 0.25) is 0 Å². The fraction of sp³-hybridized carbons (Fsp3) is 0.421. The molecule has 1 fully saturated rings. The number of para-hydroxylation sites is 3. The Labute approximate surface area is 286 Å². The van der Waals surface area contributed by atoms with Crippen LogP contribution >= 0.6 is 19.4 Å². The standard InChI is InChI=1S/C27H38N2.C11H11NO2.2ClH.Ru/c1-18(2)22-11-9-12-23(19(3)4)26(22)28-15-16-29(17-28)27-24(20(5)6)13-10-14-25(27)21(7)8;1-3-14-11(13)8-12-10-7-5-4-6-9(10)2;;;/h9-14,18-21H,15-16H2,1-8H3;2,4-8H,3H2,1H3;2*1H;/q;;;;-2/p-2. The van der Waals surface area contributed by atoms with E-state index >= 15 is 0 Å². The molecule has 0 amide bonds. The Balaban J connectivity index is 2.11. The van der Waals surface area contributed by atoms with Crippen LogP contribution in [-0.4, -0.2) is 40.8 Å². The molecule has 3 aromatic carbocycles. The molecular weight excluding hydrogens is 702 g/mol. The molecule has 1 saturated heterocycles. The number of aliphatic imine (C=N–C) groups is 1. The normalized spacial score (nSPS) is 14.5. The molecule has 8 heteroatoms. The average Bonchev–Trinajstić information content (AvgIpc) is 3.45. The van der Waals surface area contributed by atoms with Gasteiger partial charge in [-0.25, -0.2) is 0 Å². The predicted molar refractivity (Wildman–Crippen MR) is 197 cm³/mol. The molecule has 0 aromatic heterocycles. The van der Waals surface area contributed by atoms with Crippen molar-refractivity contribution in [2.45, 2.75) is 86.0 Å². The number of carbonyl (C=O) groups is 1. The molecule has 254 valence electrons. The predicted octanol–water partition coefficient (Wildman–Crippen LogP) is 10.2. The number of carbonyl (C=O) groups excluding carboxylic acids is 1. The van der Waals surface area contributed by atoms with E-state index in [0.29, 0.717) is 29.4 Å². The van der Waals surface area contributed by atoms with Gasteiger partial charge < -0.3 is 0 Å². The number of ether oxygens (including phenoxy) is 1. The van der Waals surface area contributed by atoms with Gasteiger partial charge >= 0.3 is 288 Å². The van der Waals surface area contributed by atoms with Crippen molar-refractivity contribution >= 4 is 57.6 Å². The monoisotopic (exact) mass is 751 g/mol. The summed E-state index contributed by atoms with van der Waals surface area (Å²) in [6.45, 7) is 21.6. The number of hydrogen-bond acceptors (Lipinski definition) is 5. The van der Waals surface area contributed by atoms with Crippen LogP contribution in [-0.2, 0) is 21.4 Å². The zero-order valence-electron chi connectivity index (χ0n) is 28.6. The number of nitrogens with zero attached hydrogens (tertiary/aromatic N) is 3. The van der Waals surface area contributed by atoms with Gasteiger partial charge in [-0.05, 0) is 0 Å². The molecule has 5 nitrogen and oxygen atoms in total.